The molecule has 3 heterocycles. The Morgan fingerprint density at radius 1 is 1.22 bits per heavy atom. The number of piperidine rings is 1. The first kappa shape index (κ1) is 17.7. The number of β-amino-alcohol motifs (C(OH)–C–C–N with tert-alkyl or cyclic N) is 1. The van der Waals surface area contributed by atoms with E-state index in [1.165, 1.54) is 16.3 Å². The second-order valence-corrected chi connectivity index (χ2v) is 7.39. The summed E-state index contributed by atoms with van der Waals surface area (Å²) in [5.41, 5.74) is 1.94. The van der Waals surface area contributed by atoms with E-state index in [4.69, 9.17) is 0 Å². The molecule has 0 radical (unpaired) electrons. The topological polar surface area (TPSA) is 87.5 Å². The van der Waals surface area contributed by atoms with Crippen molar-refractivity contribution in [3.63, 3.8) is 0 Å². The van der Waals surface area contributed by atoms with Crippen LogP contribution in [0.4, 0.5) is 0 Å². The quantitative estimate of drug-likeness (QED) is 0.849. The number of aliphatic hydroxyl groups is 1. The molecule has 27 heavy (non-hydrogen) atoms. The van der Waals surface area contributed by atoms with Crippen LogP contribution in [-0.4, -0.2) is 57.3 Å². The summed E-state index contributed by atoms with van der Waals surface area (Å²) in [5, 5.41) is 16.7. The fourth-order valence-electron chi connectivity index (χ4n) is 3.86. The van der Waals surface area contributed by atoms with Crippen LogP contribution in [-0.2, 0) is 13.0 Å². The summed E-state index contributed by atoms with van der Waals surface area (Å²) in [7, 11) is 0. The number of carbonyl (C=O) groups is 2. The number of hydrogen-bond acceptors (Lipinski definition) is 4. The first-order valence-electron chi connectivity index (χ1n) is 9.47. The maximum absolute atomic E-state index is 12.8. The van der Waals surface area contributed by atoms with Crippen molar-refractivity contribution < 1.29 is 14.7 Å². The number of hydrogen-bond donors (Lipinski definition) is 2. The normalized spacial score (nSPS) is 20.7. The van der Waals surface area contributed by atoms with Crippen LogP contribution in [0, 0.1) is 5.92 Å². The van der Waals surface area contributed by atoms with Crippen molar-refractivity contribution in [2.75, 3.05) is 19.6 Å². The number of nitrogens with one attached hydrogen (secondary N) is 1. The first-order valence-corrected chi connectivity index (χ1v) is 9.47. The highest BCUT2D eigenvalue weighted by Crippen LogP contribution is 2.23. The molecule has 1 atom stereocenters. The standard InChI is InChI=1S/C20H24N4O3/c25-16-12-21-19(26)18-11-17(22-24(18)13-16)20(27)23-8-6-15(7-9-23)10-14-4-2-1-3-5-14/h1-5,11,15-16,25H,6-10,12-13H2,(H,21,26)/t16-/m0/s1. The van der Waals surface area contributed by atoms with Crippen molar-refractivity contribution in [2.45, 2.75) is 31.9 Å². The Bertz CT molecular complexity index is 825. The molecular weight excluding hydrogens is 344 g/mol. The number of aromatic nitrogens is 2. The summed E-state index contributed by atoms with van der Waals surface area (Å²) in [4.78, 5) is 26.7. The molecule has 2 aliphatic rings. The van der Waals surface area contributed by atoms with Crippen LogP contribution in [0.15, 0.2) is 36.4 Å². The number of aliphatic hydroxyl groups excluding tert-OH is 1. The molecule has 1 saturated heterocycles. The minimum atomic E-state index is -0.702. The van der Waals surface area contributed by atoms with Gasteiger partial charge in [-0.25, -0.2) is 0 Å². The van der Waals surface area contributed by atoms with Crippen molar-refractivity contribution in [3.8, 4) is 0 Å². The summed E-state index contributed by atoms with van der Waals surface area (Å²) in [5.74, 6) is 0.131. The van der Waals surface area contributed by atoms with Gasteiger partial charge in [-0.3, -0.25) is 14.3 Å². The molecule has 1 aromatic carbocycles. The number of rotatable bonds is 3. The van der Waals surface area contributed by atoms with E-state index in [1.807, 2.05) is 11.0 Å². The van der Waals surface area contributed by atoms with Crippen molar-refractivity contribution in [1.29, 1.82) is 0 Å². The summed E-state index contributed by atoms with van der Waals surface area (Å²) in [6, 6.07) is 12.0. The highest BCUT2D eigenvalue weighted by Gasteiger charge is 2.28. The fraction of sp³-hybridized carbons (Fsp3) is 0.450. The molecule has 0 aliphatic carbocycles. The van der Waals surface area contributed by atoms with Crippen LogP contribution in [0.2, 0.25) is 0 Å². The number of benzene rings is 1. The molecule has 7 nitrogen and oxygen atoms in total. The van der Waals surface area contributed by atoms with Gasteiger partial charge in [-0.1, -0.05) is 30.3 Å². The SMILES string of the molecule is O=C1NC[C@H](O)Cn2nc(C(=O)N3CCC(Cc4ccccc4)CC3)cc21. The second-order valence-electron chi connectivity index (χ2n) is 7.39. The molecule has 0 spiro atoms. The number of amides is 2. The zero-order valence-corrected chi connectivity index (χ0v) is 15.2. The molecule has 1 fully saturated rings. The minimum absolute atomic E-state index is 0.143. The van der Waals surface area contributed by atoms with Crippen molar-refractivity contribution in [1.82, 2.24) is 20.0 Å². The van der Waals surface area contributed by atoms with Gasteiger partial charge in [-0.15, -0.1) is 0 Å². The predicted octanol–water partition coefficient (Wildman–Crippen LogP) is 1.08. The lowest BCUT2D eigenvalue weighted by molar-refractivity contribution is 0.0682. The van der Waals surface area contributed by atoms with Crippen molar-refractivity contribution in [2.24, 2.45) is 5.92 Å². The van der Waals surface area contributed by atoms with Crippen LogP contribution in [0.25, 0.3) is 0 Å². The molecule has 1 aromatic heterocycles. The van der Waals surface area contributed by atoms with E-state index in [2.05, 4.69) is 34.7 Å². The third kappa shape index (κ3) is 3.88. The Morgan fingerprint density at radius 3 is 2.70 bits per heavy atom. The molecule has 7 heteroatoms. The number of likely N-dealkylation sites (tertiary alicyclic amines) is 1. The largest absolute Gasteiger partial charge is 0.389 e. The molecule has 0 saturated carbocycles. The summed E-state index contributed by atoms with van der Waals surface area (Å²) in [6.07, 6.45) is 2.27. The Labute approximate surface area is 158 Å². The van der Waals surface area contributed by atoms with Gasteiger partial charge in [0.25, 0.3) is 11.8 Å². The molecule has 142 valence electrons. The number of nitrogens with zero attached hydrogens (tertiary/aromatic N) is 3. The maximum Gasteiger partial charge on any atom is 0.274 e. The first-order chi connectivity index (χ1) is 13.1. The lowest BCUT2D eigenvalue weighted by atomic mass is 9.90. The molecule has 2 aromatic rings. The van der Waals surface area contributed by atoms with Gasteiger partial charge in [0.1, 0.15) is 5.69 Å². The van der Waals surface area contributed by atoms with Crippen LogP contribution >= 0.6 is 0 Å². The van der Waals surface area contributed by atoms with Crippen molar-refractivity contribution in [3.05, 3.63) is 53.3 Å². The highest BCUT2D eigenvalue weighted by molar-refractivity contribution is 5.98. The van der Waals surface area contributed by atoms with Gasteiger partial charge in [0, 0.05) is 25.7 Å². The predicted molar refractivity (Wildman–Crippen MR) is 99.3 cm³/mol. The summed E-state index contributed by atoms with van der Waals surface area (Å²) >= 11 is 0. The Morgan fingerprint density at radius 2 is 1.96 bits per heavy atom. The highest BCUT2D eigenvalue weighted by atomic mass is 16.3. The third-order valence-electron chi connectivity index (χ3n) is 5.38. The summed E-state index contributed by atoms with van der Waals surface area (Å²) < 4.78 is 1.43. The van der Waals surface area contributed by atoms with Gasteiger partial charge in [0.15, 0.2) is 5.69 Å². The van der Waals surface area contributed by atoms with E-state index in [0.717, 1.165) is 19.3 Å². The molecule has 2 N–H and O–H groups in total. The smallest absolute Gasteiger partial charge is 0.274 e. The molecule has 0 bridgehead atoms. The van der Waals surface area contributed by atoms with E-state index in [-0.39, 0.29) is 30.6 Å². The van der Waals surface area contributed by atoms with E-state index < -0.39 is 6.10 Å². The van der Waals surface area contributed by atoms with Crippen LogP contribution < -0.4 is 5.32 Å². The van der Waals surface area contributed by atoms with Gasteiger partial charge in [-0.2, -0.15) is 5.10 Å². The minimum Gasteiger partial charge on any atom is -0.389 e. The maximum atomic E-state index is 12.8. The van der Waals surface area contributed by atoms with E-state index in [9.17, 15) is 14.7 Å². The molecular formula is C20H24N4O3. The second kappa shape index (κ2) is 7.52. The van der Waals surface area contributed by atoms with E-state index in [0.29, 0.717) is 24.7 Å². The van der Waals surface area contributed by atoms with Gasteiger partial charge in [0.05, 0.1) is 12.6 Å². The Kier molecular flexibility index (Phi) is 4.94. The lowest BCUT2D eigenvalue weighted by Gasteiger charge is -2.31. The number of fused-ring (bicyclic) bond motifs is 1. The van der Waals surface area contributed by atoms with Gasteiger partial charge >= 0.3 is 0 Å². The Balaban J connectivity index is 1.39. The van der Waals surface area contributed by atoms with Gasteiger partial charge in [-0.05, 0) is 30.7 Å². The third-order valence-corrected chi connectivity index (χ3v) is 5.38. The van der Waals surface area contributed by atoms with E-state index >= 15 is 0 Å². The van der Waals surface area contributed by atoms with Crippen molar-refractivity contribution >= 4 is 11.8 Å². The zero-order valence-electron chi connectivity index (χ0n) is 15.2. The average molecular weight is 368 g/mol. The van der Waals surface area contributed by atoms with Crippen LogP contribution in [0.1, 0.15) is 39.4 Å². The lowest BCUT2D eigenvalue weighted by Crippen LogP contribution is -2.39. The molecule has 2 amide bonds. The zero-order chi connectivity index (χ0) is 18.8. The molecule has 0 unspecified atom stereocenters. The average Bonchev–Trinajstić information content (AvgIpc) is 3.05. The number of carbonyl (C=O) groups excluding carboxylic acids is 2. The van der Waals surface area contributed by atoms with Gasteiger partial charge in [0.2, 0.25) is 0 Å². The summed E-state index contributed by atoms with van der Waals surface area (Å²) in [6.45, 7) is 1.81. The van der Waals surface area contributed by atoms with E-state index in [1.54, 1.807) is 0 Å². The van der Waals surface area contributed by atoms with Crippen LogP contribution in [0.3, 0.4) is 0 Å². The fourth-order valence-corrected chi connectivity index (χ4v) is 3.86. The van der Waals surface area contributed by atoms with Crippen LogP contribution in [0.5, 0.6) is 0 Å². The molecule has 4 rings (SSSR count). The molecule has 2 aliphatic heterocycles. The monoisotopic (exact) mass is 368 g/mol. The Hall–Kier alpha value is -2.67. The van der Waals surface area contributed by atoms with Gasteiger partial charge < -0.3 is 15.3 Å².